The summed E-state index contributed by atoms with van der Waals surface area (Å²) in [6.07, 6.45) is 5.00. The number of rotatable bonds is 5. The standard InChI is InChI=1S/C21H25F3N4O3/c1-14-17(12-26-28(14)18-10-9-15(11-25-18)21(22,23)24)20(30)31-13-19(29)27-16-7-5-3-2-4-6-8-16/h9-12,16H,2-8,13H2,1H3,(H,27,29). The largest absolute Gasteiger partial charge is 0.452 e. The first-order valence-electron chi connectivity index (χ1n) is 10.3. The lowest BCUT2D eigenvalue weighted by Crippen LogP contribution is -2.38. The number of esters is 1. The number of ether oxygens (including phenoxy) is 1. The molecule has 1 saturated carbocycles. The number of aromatic nitrogens is 3. The highest BCUT2D eigenvalue weighted by atomic mass is 19.4. The summed E-state index contributed by atoms with van der Waals surface area (Å²) in [6.45, 7) is 1.16. The van der Waals surface area contributed by atoms with Gasteiger partial charge < -0.3 is 10.1 Å². The molecule has 1 aliphatic carbocycles. The summed E-state index contributed by atoms with van der Waals surface area (Å²) in [5.74, 6) is -0.955. The van der Waals surface area contributed by atoms with Gasteiger partial charge in [0.05, 0.1) is 17.5 Å². The molecule has 31 heavy (non-hydrogen) atoms. The second-order valence-electron chi connectivity index (χ2n) is 7.64. The number of carbonyl (C=O) groups excluding carboxylic acids is 2. The van der Waals surface area contributed by atoms with Crippen LogP contribution >= 0.6 is 0 Å². The van der Waals surface area contributed by atoms with Gasteiger partial charge in [0.25, 0.3) is 5.91 Å². The number of halogens is 3. The summed E-state index contributed by atoms with van der Waals surface area (Å²) in [5, 5.41) is 6.93. The van der Waals surface area contributed by atoms with Crippen LogP contribution in [-0.4, -0.2) is 39.3 Å². The molecular formula is C21H25F3N4O3. The third-order valence-electron chi connectivity index (χ3n) is 5.33. The van der Waals surface area contributed by atoms with Crippen LogP contribution in [0.25, 0.3) is 5.82 Å². The van der Waals surface area contributed by atoms with E-state index in [4.69, 9.17) is 4.74 Å². The number of amides is 1. The van der Waals surface area contributed by atoms with Crippen molar-refractivity contribution >= 4 is 11.9 Å². The Labute approximate surface area is 178 Å². The monoisotopic (exact) mass is 438 g/mol. The molecule has 1 aliphatic rings. The van der Waals surface area contributed by atoms with Crippen LogP contribution in [-0.2, 0) is 15.7 Å². The first-order chi connectivity index (χ1) is 14.8. The first-order valence-corrected chi connectivity index (χ1v) is 10.3. The van der Waals surface area contributed by atoms with Gasteiger partial charge in [-0.05, 0) is 31.9 Å². The number of hydrogen-bond donors (Lipinski definition) is 1. The topological polar surface area (TPSA) is 86.1 Å². The first kappa shape index (κ1) is 22.8. The van der Waals surface area contributed by atoms with E-state index in [2.05, 4.69) is 15.4 Å². The average Bonchev–Trinajstić information content (AvgIpc) is 3.09. The number of hydrogen-bond acceptors (Lipinski definition) is 5. The van der Waals surface area contributed by atoms with E-state index in [0.717, 1.165) is 31.7 Å². The van der Waals surface area contributed by atoms with E-state index in [1.807, 2.05) is 0 Å². The fourth-order valence-corrected chi connectivity index (χ4v) is 3.60. The van der Waals surface area contributed by atoms with Gasteiger partial charge in [-0.2, -0.15) is 18.3 Å². The van der Waals surface area contributed by atoms with Crippen molar-refractivity contribution in [2.75, 3.05) is 6.61 Å². The Kier molecular flexibility index (Phi) is 7.29. The average molecular weight is 438 g/mol. The number of pyridine rings is 1. The molecule has 0 aromatic carbocycles. The van der Waals surface area contributed by atoms with Gasteiger partial charge in [-0.25, -0.2) is 14.5 Å². The zero-order valence-corrected chi connectivity index (χ0v) is 17.2. The van der Waals surface area contributed by atoms with E-state index in [0.29, 0.717) is 11.9 Å². The highest BCUT2D eigenvalue weighted by Crippen LogP contribution is 2.28. The maximum absolute atomic E-state index is 12.7. The fraction of sp³-hybridized carbons (Fsp3) is 0.524. The van der Waals surface area contributed by atoms with Crippen LogP contribution in [0.1, 0.15) is 66.6 Å². The molecule has 2 aromatic rings. The lowest BCUT2D eigenvalue weighted by atomic mass is 9.97. The predicted molar refractivity (Wildman–Crippen MR) is 106 cm³/mol. The smallest absolute Gasteiger partial charge is 0.417 e. The molecule has 1 amide bonds. The molecule has 10 heteroatoms. The van der Waals surface area contributed by atoms with Crippen LogP contribution in [0, 0.1) is 6.92 Å². The lowest BCUT2D eigenvalue weighted by Gasteiger charge is -2.20. The Balaban J connectivity index is 1.57. The van der Waals surface area contributed by atoms with E-state index in [9.17, 15) is 22.8 Å². The lowest BCUT2D eigenvalue weighted by molar-refractivity contribution is -0.137. The number of nitrogens with one attached hydrogen (secondary N) is 1. The zero-order chi connectivity index (χ0) is 22.4. The Morgan fingerprint density at radius 1 is 1.13 bits per heavy atom. The van der Waals surface area contributed by atoms with Crippen molar-refractivity contribution in [2.24, 2.45) is 0 Å². The third kappa shape index (κ3) is 6.05. The second-order valence-corrected chi connectivity index (χ2v) is 7.64. The second kappa shape index (κ2) is 9.93. The molecule has 0 bridgehead atoms. The summed E-state index contributed by atoms with van der Waals surface area (Å²) in [4.78, 5) is 28.3. The molecule has 1 fully saturated rings. The summed E-state index contributed by atoms with van der Waals surface area (Å²) in [5.41, 5.74) is -0.422. The molecule has 0 atom stereocenters. The molecule has 2 aromatic heterocycles. The molecule has 0 radical (unpaired) electrons. The van der Waals surface area contributed by atoms with Gasteiger partial charge >= 0.3 is 12.1 Å². The van der Waals surface area contributed by atoms with E-state index in [1.54, 1.807) is 6.92 Å². The van der Waals surface area contributed by atoms with Crippen LogP contribution in [0.4, 0.5) is 13.2 Å². The van der Waals surface area contributed by atoms with Crippen molar-refractivity contribution < 1.29 is 27.5 Å². The minimum Gasteiger partial charge on any atom is -0.452 e. The van der Waals surface area contributed by atoms with Gasteiger partial charge in [0, 0.05) is 12.2 Å². The zero-order valence-electron chi connectivity index (χ0n) is 17.2. The molecule has 0 aliphatic heterocycles. The van der Waals surface area contributed by atoms with Crippen LogP contribution in [0.15, 0.2) is 24.5 Å². The minimum atomic E-state index is -4.49. The molecule has 0 saturated heterocycles. The normalized spacial score (nSPS) is 15.7. The van der Waals surface area contributed by atoms with Gasteiger partial charge in [0.15, 0.2) is 12.4 Å². The van der Waals surface area contributed by atoms with Gasteiger partial charge in [0.1, 0.15) is 5.56 Å². The Hall–Kier alpha value is -2.91. The van der Waals surface area contributed by atoms with E-state index >= 15 is 0 Å². The minimum absolute atomic E-state index is 0.0988. The maximum atomic E-state index is 12.7. The van der Waals surface area contributed by atoms with Crippen molar-refractivity contribution in [1.29, 1.82) is 0 Å². The van der Waals surface area contributed by atoms with Crippen LogP contribution in [0.5, 0.6) is 0 Å². The van der Waals surface area contributed by atoms with Crippen molar-refractivity contribution in [3.63, 3.8) is 0 Å². The summed E-state index contributed by atoms with van der Waals surface area (Å²) in [7, 11) is 0. The number of nitrogens with zero attached hydrogens (tertiary/aromatic N) is 3. The summed E-state index contributed by atoms with van der Waals surface area (Å²) < 4.78 is 44.4. The fourth-order valence-electron chi connectivity index (χ4n) is 3.60. The van der Waals surface area contributed by atoms with E-state index < -0.39 is 24.3 Å². The molecule has 0 unspecified atom stereocenters. The molecule has 3 rings (SSSR count). The molecule has 2 heterocycles. The third-order valence-corrected chi connectivity index (χ3v) is 5.33. The molecule has 168 valence electrons. The Morgan fingerprint density at radius 3 is 2.42 bits per heavy atom. The number of alkyl halides is 3. The maximum Gasteiger partial charge on any atom is 0.417 e. The quantitative estimate of drug-likeness (QED) is 0.714. The van der Waals surface area contributed by atoms with Crippen molar-refractivity contribution in [1.82, 2.24) is 20.1 Å². The molecular weight excluding hydrogens is 413 g/mol. The Bertz CT molecular complexity index is 902. The highest BCUT2D eigenvalue weighted by molar-refractivity contribution is 5.92. The van der Waals surface area contributed by atoms with Crippen LogP contribution in [0.2, 0.25) is 0 Å². The summed E-state index contributed by atoms with van der Waals surface area (Å²) in [6, 6.07) is 2.16. The van der Waals surface area contributed by atoms with Crippen LogP contribution in [0.3, 0.4) is 0 Å². The Morgan fingerprint density at radius 2 is 1.81 bits per heavy atom. The molecule has 1 N–H and O–H groups in total. The SMILES string of the molecule is Cc1c(C(=O)OCC(=O)NC2CCCCCCC2)cnn1-c1ccc(C(F)(F)F)cn1. The van der Waals surface area contributed by atoms with Crippen LogP contribution < -0.4 is 5.32 Å². The van der Waals surface area contributed by atoms with Gasteiger partial charge in [0.2, 0.25) is 0 Å². The summed E-state index contributed by atoms with van der Waals surface area (Å²) >= 11 is 0. The van der Waals surface area contributed by atoms with Crippen molar-refractivity contribution in [3.8, 4) is 5.82 Å². The van der Waals surface area contributed by atoms with E-state index in [1.165, 1.54) is 36.2 Å². The predicted octanol–water partition coefficient (Wildman–Crippen LogP) is 3.98. The van der Waals surface area contributed by atoms with E-state index in [-0.39, 0.29) is 23.3 Å². The molecule has 7 nitrogen and oxygen atoms in total. The van der Waals surface area contributed by atoms with Gasteiger partial charge in [-0.3, -0.25) is 4.79 Å². The highest BCUT2D eigenvalue weighted by Gasteiger charge is 2.31. The van der Waals surface area contributed by atoms with Crippen molar-refractivity contribution in [3.05, 3.63) is 41.3 Å². The molecule has 0 spiro atoms. The van der Waals surface area contributed by atoms with Crippen molar-refractivity contribution in [2.45, 2.75) is 64.1 Å². The van der Waals surface area contributed by atoms with Gasteiger partial charge in [-0.15, -0.1) is 0 Å². The van der Waals surface area contributed by atoms with Gasteiger partial charge in [-0.1, -0.05) is 32.1 Å². The number of carbonyl (C=O) groups is 2.